The molecule has 17 heavy (non-hydrogen) atoms. The lowest BCUT2D eigenvalue weighted by Gasteiger charge is -2.17. The summed E-state index contributed by atoms with van der Waals surface area (Å²) in [6.07, 6.45) is -0.719. The number of halogens is 2. The number of hydrogen-bond acceptors (Lipinski definition) is 3. The first-order chi connectivity index (χ1) is 8.13. The summed E-state index contributed by atoms with van der Waals surface area (Å²) < 4.78 is 13.7. The topological polar surface area (TPSA) is 53.4 Å². The van der Waals surface area contributed by atoms with Gasteiger partial charge in [0.2, 0.25) is 0 Å². The first-order valence-electron chi connectivity index (χ1n) is 5.09. The largest absolute Gasteiger partial charge is 0.389 e. The average molecular weight is 300 g/mol. The van der Waals surface area contributed by atoms with Crippen molar-refractivity contribution in [2.45, 2.75) is 12.2 Å². The van der Waals surface area contributed by atoms with Crippen molar-refractivity contribution in [2.24, 2.45) is 0 Å². The van der Waals surface area contributed by atoms with Crippen LogP contribution in [-0.4, -0.2) is 26.6 Å². The second kappa shape index (κ2) is 5.08. The lowest BCUT2D eigenvalue weighted by molar-refractivity contribution is 0.0321. The van der Waals surface area contributed by atoms with Gasteiger partial charge in [0, 0.05) is 28.5 Å². The van der Waals surface area contributed by atoms with E-state index in [9.17, 15) is 14.6 Å². The molecule has 5 heteroatoms. The van der Waals surface area contributed by atoms with E-state index in [0.29, 0.717) is 5.52 Å². The molecule has 0 saturated heterocycles. The van der Waals surface area contributed by atoms with E-state index in [1.54, 1.807) is 18.3 Å². The van der Waals surface area contributed by atoms with Crippen LogP contribution in [0.5, 0.6) is 0 Å². The van der Waals surface area contributed by atoms with Gasteiger partial charge < -0.3 is 10.2 Å². The summed E-state index contributed by atoms with van der Waals surface area (Å²) >= 11 is 3.04. The Kier molecular flexibility index (Phi) is 3.71. The molecule has 1 aromatic heterocycles. The van der Waals surface area contributed by atoms with Crippen molar-refractivity contribution in [1.29, 1.82) is 0 Å². The van der Waals surface area contributed by atoms with Crippen LogP contribution < -0.4 is 0 Å². The zero-order valence-electron chi connectivity index (χ0n) is 8.85. The number of fused-ring (bicyclic) bond motifs is 1. The minimum atomic E-state index is -1.25. The van der Waals surface area contributed by atoms with Crippen LogP contribution in [0.4, 0.5) is 4.39 Å². The molecule has 0 aliphatic rings. The molecule has 2 atom stereocenters. The van der Waals surface area contributed by atoms with Crippen LogP contribution in [0.2, 0.25) is 0 Å². The van der Waals surface area contributed by atoms with Crippen molar-refractivity contribution in [3.63, 3.8) is 0 Å². The molecule has 0 amide bonds. The summed E-state index contributed by atoms with van der Waals surface area (Å²) in [7, 11) is 0. The fourth-order valence-electron chi connectivity index (χ4n) is 1.63. The first kappa shape index (κ1) is 12.4. The molecule has 2 unspecified atom stereocenters. The molecule has 3 nitrogen and oxygen atoms in total. The maximum Gasteiger partial charge on any atom is 0.131 e. The maximum absolute atomic E-state index is 13.7. The Morgan fingerprint density at radius 1 is 1.35 bits per heavy atom. The van der Waals surface area contributed by atoms with E-state index in [4.69, 9.17) is 0 Å². The van der Waals surface area contributed by atoms with E-state index >= 15 is 0 Å². The average Bonchev–Trinajstić information content (AvgIpc) is 2.36. The van der Waals surface area contributed by atoms with E-state index in [-0.39, 0.29) is 10.9 Å². The lowest BCUT2D eigenvalue weighted by atomic mass is 10.0. The Hall–Kier alpha value is -1.04. The van der Waals surface area contributed by atoms with Crippen LogP contribution in [0.3, 0.4) is 0 Å². The molecule has 0 radical (unpaired) electrons. The maximum atomic E-state index is 13.7. The molecule has 1 heterocycles. The van der Waals surface area contributed by atoms with Gasteiger partial charge in [-0.05, 0) is 12.1 Å². The smallest absolute Gasteiger partial charge is 0.131 e. The monoisotopic (exact) mass is 299 g/mol. The van der Waals surface area contributed by atoms with Crippen molar-refractivity contribution in [2.75, 3.05) is 5.33 Å². The Balaban J connectivity index is 2.50. The van der Waals surface area contributed by atoms with Crippen LogP contribution in [0.1, 0.15) is 11.7 Å². The first-order valence-corrected chi connectivity index (χ1v) is 6.22. The van der Waals surface area contributed by atoms with Gasteiger partial charge in [0.05, 0.1) is 11.6 Å². The molecule has 1 aromatic carbocycles. The third-order valence-electron chi connectivity index (χ3n) is 2.56. The Labute approximate surface area is 106 Å². The van der Waals surface area contributed by atoms with E-state index in [1.165, 1.54) is 12.1 Å². The predicted octanol–water partition coefficient (Wildman–Crippen LogP) is 2.16. The number of rotatable bonds is 3. The second-order valence-electron chi connectivity index (χ2n) is 3.74. The zero-order valence-corrected chi connectivity index (χ0v) is 10.4. The van der Waals surface area contributed by atoms with Crippen LogP contribution in [-0.2, 0) is 0 Å². The number of aliphatic hydroxyl groups is 2. The molecule has 0 aliphatic carbocycles. The van der Waals surface area contributed by atoms with E-state index in [1.807, 2.05) is 0 Å². The second-order valence-corrected chi connectivity index (χ2v) is 4.38. The predicted molar refractivity (Wildman–Crippen MR) is 66.5 cm³/mol. The number of alkyl halides is 1. The highest BCUT2D eigenvalue weighted by molar-refractivity contribution is 9.09. The van der Waals surface area contributed by atoms with Crippen molar-refractivity contribution in [3.05, 3.63) is 41.8 Å². The summed E-state index contributed by atoms with van der Waals surface area (Å²) in [5.74, 6) is -0.566. The van der Waals surface area contributed by atoms with Crippen molar-refractivity contribution < 1.29 is 14.6 Å². The molecule has 2 rings (SSSR count). The van der Waals surface area contributed by atoms with Crippen LogP contribution in [0, 0.1) is 5.82 Å². The normalized spacial score (nSPS) is 14.8. The van der Waals surface area contributed by atoms with Gasteiger partial charge >= 0.3 is 0 Å². The Bertz CT molecular complexity index is 535. The van der Waals surface area contributed by atoms with Gasteiger partial charge in [0.1, 0.15) is 11.9 Å². The van der Waals surface area contributed by atoms with Gasteiger partial charge in [-0.2, -0.15) is 0 Å². The van der Waals surface area contributed by atoms with E-state index in [2.05, 4.69) is 20.9 Å². The molecule has 0 spiro atoms. The number of aromatic nitrogens is 1. The van der Waals surface area contributed by atoms with Crippen molar-refractivity contribution >= 4 is 26.8 Å². The van der Waals surface area contributed by atoms with Crippen LogP contribution in [0.15, 0.2) is 30.5 Å². The van der Waals surface area contributed by atoms with Crippen LogP contribution >= 0.6 is 15.9 Å². The van der Waals surface area contributed by atoms with Crippen molar-refractivity contribution in [1.82, 2.24) is 4.98 Å². The summed E-state index contributed by atoms with van der Waals surface area (Å²) in [5, 5.41) is 20.2. The molecule has 0 bridgehead atoms. The summed E-state index contributed by atoms with van der Waals surface area (Å²) in [6.45, 7) is 0. The van der Waals surface area contributed by atoms with Crippen molar-refractivity contribution in [3.8, 4) is 0 Å². The lowest BCUT2D eigenvalue weighted by Crippen LogP contribution is -2.20. The quantitative estimate of drug-likeness (QED) is 0.854. The number of nitrogens with zero attached hydrogens (tertiary/aromatic N) is 1. The van der Waals surface area contributed by atoms with Gasteiger partial charge in [-0.25, -0.2) is 4.39 Å². The fourth-order valence-corrected chi connectivity index (χ4v) is 1.98. The molecule has 2 aromatic rings. The molecule has 2 N–H and O–H groups in total. The molecule has 90 valence electrons. The standard InChI is InChI=1S/C12H11BrFNO2/c13-6-11(16)12(17)8-4-7-2-1-3-15-10(7)5-9(8)14/h1-5,11-12,16-17H,6H2. The van der Waals surface area contributed by atoms with Gasteiger partial charge in [0.25, 0.3) is 0 Å². The number of pyridine rings is 1. The summed E-state index contributed by atoms with van der Waals surface area (Å²) in [4.78, 5) is 4.01. The van der Waals surface area contributed by atoms with Gasteiger partial charge in [-0.1, -0.05) is 22.0 Å². The third kappa shape index (κ3) is 2.46. The van der Waals surface area contributed by atoms with Gasteiger partial charge in [0.15, 0.2) is 0 Å². The van der Waals surface area contributed by atoms with Gasteiger partial charge in [-0.15, -0.1) is 0 Å². The highest BCUT2D eigenvalue weighted by Gasteiger charge is 2.21. The number of aliphatic hydroxyl groups excluding tert-OH is 2. The molecular weight excluding hydrogens is 289 g/mol. The van der Waals surface area contributed by atoms with Crippen LogP contribution in [0.25, 0.3) is 10.9 Å². The SMILES string of the molecule is OC(CBr)C(O)c1cc2cccnc2cc1F. The molecule has 0 saturated carbocycles. The van der Waals surface area contributed by atoms with Gasteiger partial charge in [-0.3, -0.25) is 4.98 Å². The van der Waals surface area contributed by atoms with E-state index in [0.717, 1.165) is 5.39 Å². The summed E-state index contributed by atoms with van der Waals surface area (Å²) in [5.41, 5.74) is 0.603. The molecule has 0 fully saturated rings. The molecular formula is C12H11BrFNO2. The zero-order chi connectivity index (χ0) is 12.4. The molecule has 0 aliphatic heterocycles. The summed E-state index contributed by atoms with van der Waals surface area (Å²) in [6, 6.07) is 6.28. The number of hydrogen-bond donors (Lipinski definition) is 2. The number of benzene rings is 1. The minimum absolute atomic E-state index is 0.0810. The highest BCUT2D eigenvalue weighted by Crippen LogP contribution is 2.25. The minimum Gasteiger partial charge on any atom is -0.389 e. The fraction of sp³-hybridized carbons (Fsp3) is 0.250. The Morgan fingerprint density at radius 2 is 2.12 bits per heavy atom. The highest BCUT2D eigenvalue weighted by atomic mass is 79.9. The third-order valence-corrected chi connectivity index (χ3v) is 3.23. The van der Waals surface area contributed by atoms with E-state index < -0.39 is 18.0 Å². The Morgan fingerprint density at radius 3 is 2.82 bits per heavy atom.